The van der Waals surface area contributed by atoms with Crippen LogP contribution in [0.1, 0.15) is 20.8 Å². The van der Waals surface area contributed by atoms with E-state index >= 15 is 0 Å². The number of methoxy groups -OCH3 is 1. The number of hydrogen-bond acceptors (Lipinski definition) is 4. The molecule has 0 aliphatic carbocycles. The Kier molecular flexibility index (Phi) is 5.77. The summed E-state index contributed by atoms with van der Waals surface area (Å²) in [6, 6.07) is 0. The maximum atomic E-state index is 11.0. The Hall–Kier alpha value is 0.0300. The largest absolute Gasteiger partial charge is 0.376 e. The number of ether oxygens (including phenoxy) is 3. The summed E-state index contributed by atoms with van der Waals surface area (Å²) in [6.07, 6.45) is -0.997. The quantitative estimate of drug-likeness (QED) is 0.707. The molecule has 1 aliphatic rings. The molecule has 1 unspecified atom stereocenters. The summed E-state index contributed by atoms with van der Waals surface area (Å²) in [4.78, 5) is 18.0. The molecule has 7 heteroatoms. The van der Waals surface area contributed by atoms with Crippen molar-refractivity contribution in [3.8, 4) is 0 Å². The summed E-state index contributed by atoms with van der Waals surface area (Å²) >= 11 is 0. The Bertz CT molecular complexity index is 302. The van der Waals surface area contributed by atoms with Crippen molar-refractivity contribution in [1.82, 2.24) is 0 Å². The van der Waals surface area contributed by atoms with E-state index in [0.717, 1.165) is 0 Å². The number of rotatable bonds is 6. The zero-order chi connectivity index (χ0) is 13.9. The maximum absolute atomic E-state index is 11.0. The van der Waals surface area contributed by atoms with Gasteiger partial charge < -0.3 is 24.0 Å². The third-order valence-corrected chi connectivity index (χ3v) is 4.01. The first-order chi connectivity index (χ1) is 8.24. The maximum Gasteiger partial charge on any atom is 0.325 e. The van der Waals surface area contributed by atoms with Gasteiger partial charge in [0.05, 0.1) is 25.0 Å². The molecule has 0 spiro atoms. The van der Waals surface area contributed by atoms with Crippen LogP contribution in [0, 0.1) is 5.92 Å². The van der Waals surface area contributed by atoms with Crippen LogP contribution in [0.4, 0.5) is 0 Å². The van der Waals surface area contributed by atoms with E-state index in [1.807, 2.05) is 13.8 Å². The third-order valence-electron chi connectivity index (χ3n) is 2.96. The molecular weight excluding hydrogens is 259 g/mol. The molecule has 1 heterocycles. The number of hydrogen-bond donors (Lipinski definition) is 2. The minimum Gasteiger partial charge on any atom is -0.376 e. The second-order valence-electron chi connectivity index (χ2n) is 5.05. The molecule has 6 nitrogen and oxygen atoms in total. The molecule has 0 bridgehead atoms. The third kappa shape index (κ3) is 4.61. The van der Waals surface area contributed by atoms with Gasteiger partial charge in [0.2, 0.25) is 0 Å². The van der Waals surface area contributed by atoms with Gasteiger partial charge in [-0.1, -0.05) is 6.92 Å². The SMILES string of the molecule is CO[C@H]1CO[C@H](C(C)CP(=O)(O)O)[C@H]1OC(C)C. The van der Waals surface area contributed by atoms with Crippen LogP contribution < -0.4 is 0 Å². The van der Waals surface area contributed by atoms with Gasteiger partial charge in [0.1, 0.15) is 12.2 Å². The Morgan fingerprint density at radius 3 is 2.44 bits per heavy atom. The van der Waals surface area contributed by atoms with Crippen LogP contribution in [0.15, 0.2) is 0 Å². The molecular formula is C11H23O6P. The highest BCUT2D eigenvalue weighted by Crippen LogP contribution is 2.40. The highest BCUT2D eigenvalue weighted by atomic mass is 31.2. The van der Waals surface area contributed by atoms with Gasteiger partial charge in [0.15, 0.2) is 0 Å². The van der Waals surface area contributed by atoms with Crippen molar-refractivity contribution in [3.63, 3.8) is 0 Å². The zero-order valence-electron chi connectivity index (χ0n) is 11.3. The lowest BCUT2D eigenvalue weighted by Gasteiger charge is -2.28. The van der Waals surface area contributed by atoms with Gasteiger partial charge in [-0.15, -0.1) is 0 Å². The Morgan fingerprint density at radius 2 is 2.00 bits per heavy atom. The Labute approximate surface area is 108 Å². The molecule has 0 aromatic heterocycles. The minimum atomic E-state index is -4.04. The lowest BCUT2D eigenvalue weighted by atomic mass is 10.00. The predicted molar refractivity (Wildman–Crippen MR) is 66.6 cm³/mol. The van der Waals surface area contributed by atoms with Gasteiger partial charge in [0, 0.05) is 7.11 Å². The van der Waals surface area contributed by atoms with Crippen molar-refractivity contribution in [2.45, 2.75) is 45.2 Å². The molecule has 1 aliphatic heterocycles. The molecule has 4 atom stereocenters. The average Bonchev–Trinajstić information content (AvgIpc) is 2.57. The van der Waals surface area contributed by atoms with Crippen LogP contribution in [0.5, 0.6) is 0 Å². The molecule has 0 aromatic carbocycles. The summed E-state index contributed by atoms with van der Waals surface area (Å²) in [5.41, 5.74) is 0. The van der Waals surface area contributed by atoms with Gasteiger partial charge >= 0.3 is 7.60 Å². The second-order valence-corrected chi connectivity index (χ2v) is 6.74. The van der Waals surface area contributed by atoms with Crippen molar-refractivity contribution in [1.29, 1.82) is 0 Å². The monoisotopic (exact) mass is 282 g/mol. The van der Waals surface area contributed by atoms with Gasteiger partial charge in [-0.2, -0.15) is 0 Å². The molecule has 0 amide bonds. The van der Waals surface area contributed by atoms with Crippen molar-refractivity contribution in [3.05, 3.63) is 0 Å². The summed E-state index contributed by atoms with van der Waals surface area (Å²) in [5, 5.41) is 0. The van der Waals surface area contributed by atoms with Gasteiger partial charge in [-0.05, 0) is 19.8 Å². The molecule has 1 rings (SSSR count). The lowest BCUT2D eigenvalue weighted by Crippen LogP contribution is -2.40. The molecule has 1 fully saturated rings. The van der Waals surface area contributed by atoms with Gasteiger partial charge in [-0.25, -0.2) is 0 Å². The first kappa shape index (κ1) is 16.1. The van der Waals surface area contributed by atoms with E-state index in [0.29, 0.717) is 6.61 Å². The normalized spacial score (nSPS) is 30.9. The first-order valence-electron chi connectivity index (χ1n) is 6.09. The van der Waals surface area contributed by atoms with Gasteiger partial charge in [-0.3, -0.25) is 4.57 Å². The van der Waals surface area contributed by atoms with Crippen molar-refractivity contribution >= 4 is 7.60 Å². The van der Waals surface area contributed by atoms with Crippen molar-refractivity contribution in [2.75, 3.05) is 19.9 Å². The highest BCUT2D eigenvalue weighted by molar-refractivity contribution is 7.51. The zero-order valence-corrected chi connectivity index (χ0v) is 12.2. The summed E-state index contributed by atoms with van der Waals surface area (Å²) in [5.74, 6) is -0.283. The van der Waals surface area contributed by atoms with Crippen LogP contribution in [-0.2, 0) is 18.8 Å². The molecule has 1 saturated heterocycles. The summed E-state index contributed by atoms with van der Waals surface area (Å²) in [7, 11) is -2.46. The summed E-state index contributed by atoms with van der Waals surface area (Å²) in [6.45, 7) is 5.98. The van der Waals surface area contributed by atoms with E-state index in [1.165, 1.54) is 0 Å². The topological polar surface area (TPSA) is 85.2 Å². The Balaban J connectivity index is 2.70. The van der Waals surface area contributed by atoms with Gasteiger partial charge in [0.25, 0.3) is 0 Å². The molecule has 0 saturated carbocycles. The van der Waals surface area contributed by atoms with E-state index in [2.05, 4.69) is 0 Å². The lowest BCUT2D eigenvalue weighted by molar-refractivity contribution is -0.0842. The average molecular weight is 282 g/mol. The highest BCUT2D eigenvalue weighted by Gasteiger charge is 2.43. The van der Waals surface area contributed by atoms with Crippen LogP contribution in [0.25, 0.3) is 0 Å². The molecule has 108 valence electrons. The Morgan fingerprint density at radius 1 is 1.39 bits per heavy atom. The predicted octanol–water partition coefficient (Wildman–Crippen LogP) is 1.01. The van der Waals surface area contributed by atoms with Crippen molar-refractivity contribution < 1.29 is 28.6 Å². The van der Waals surface area contributed by atoms with E-state index in [-0.39, 0.29) is 36.5 Å². The fraction of sp³-hybridized carbons (Fsp3) is 1.00. The van der Waals surface area contributed by atoms with Crippen LogP contribution in [-0.4, -0.2) is 54.1 Å². The van der Waals surface area contributed by atoms with E-state index in [4.69, 9.17) is 24.0 Å². The fourth-order valence-corrected chi connectivity index (χ4v) is 3.21. The smallest absolute Gasteiger partial charge is 0.325 e. The molecule has 2 N–H and O–H groups in total. The molecule has 18 heavy (non-hydrogen) atoms. The van der Waals surface area contributed by atoms with E-state index in [9.17, 15) is 4.57 Å². The minimum absolute atomic E-state index is 0.0131. The van der Waals surface area contributed by atoms with Crippen LogP contribution in [0.2, 0.25) is 0 Å². The van der Waals surface area contributed by atoms with Crippen molar-refractivity contribution in [2.24, 2.45) is 5.92 Å². The second kappa shape index (κ2) is 6.46. The first-order valence-corrected chi connectivity index (χ1v) is 7.88. The van der Waals surface area contributed by atoms with Crippen LogP contribution in [0.3, 0.4) is 0 Å². The van der Waals surface area contributed by atoms with E-state index in [1.54, 1.807) is 14.0 Å². The summed E-state index contributed by atoms with van der Waals surface area (Å²) < 4.78 is 27.7. The molecule has 0 radical (unpaired) electrons. The molecule has 0 aromatic rings. The van der Waals surface area contributed by atoms with E-state index < -0.39 is 7.60 Å². The fourth-order valence-electron chi connectivity index (χ4n) is 2.26. The van der Waals surface area contributed by atoms with Crippen LogP contribution >= 0.6 is 7.60 Å². The standard InChI is InChI=1S/C11H23O6P/c1-7(2)17-11-9(15-4)5-16-10(11)8(3)6-18(12,13)14/h7-11H,5-6H2,1-4H3,(H2,12,13,14)/t8?,9-,10+,11-/m0/s1.